The average Bonchev–Trinajstić information content (AvgIpc) is 2.94. The smallest absolute Gasteiger partial charge is 0.0834 e. The predicted octanol–water partition coefficient (Wildman–Crippen LogP) is 0.863. The topological polar surface area (TPSA) is 71.2 Å². The van der Waals surface area contributed by atoms with Gasteiger partial charge in [-0.25, -0.2) is 4.68 Å². The van der Waals surface area contributed by atoms with E-state index in [2.05, 4.69) is 16.2 Å². The molecule has 0 amide bonds. The third-order valence-corrected chi connectivity index (χ3v) is 3.48. The summed E-state index contributed by atoms with van der Waals surface area (Å²) in [5.41, 5.74) is 1.11. The normalized spacial score (nSPS) is 11.3. The number of aromatic nitrogens is 3. The third kappa shape index (κ3) is 3.91. The fourth-order valence-corrected chi connectivity index (χ4v) is 2.20. The summed E-state index contributed by atoms with van der Waals surface area (Å²) in [5.74, 6) is 2.50. The van der Waals surface area contributed by atoms with Gasteiger partial charge in [0.15, 0.2) is 0 Å². The predicted molar refractivity (Wildman–Crippen MR) is 79.3 cm³/mol. The van der Waals surface area contributed by atoms with Gasteiger partial charge in [-0.3, -0.25) is 0 Å². The molecule has 2 N–H and O–H groups in total. The van der Waals surface area contributed by atoms with Crippen molar-refractivity contribution in [1.82, 2.24) is 15.0 Å². The van der Waals surface area contributed by atoms with Gasteiger partial charge in [-0.1, -0.05) is 35.5 Å². The maximum absolute atomic E-state index is 9.50. The van der Waals surface area contributed by atoms with Gasteiger partial charge in [0.25, 0.3) is 0 Å². The van der Waals surface area contributed by atoms with Gasteiger partial charge < -0.3 is 10.2 Å². The first-order valence-electron chi connectivity index (χ1n) is 6.79. The summed E-state index contributed by atoms with van der Waals surface area (Å²) in [6.45, 7) is 0.271. The van der Waals surface area contributed by atoms with Crippen molar-refractivity contribution in [2.75, 3.05) is 13.2 Å². The molecular formula is C16H19N3O2. The van der Waals surface area contributed by atoms with E-state index in [0.29, 0.717) is 25.1 Å². The highest BCUT2D eigenvalue weighted by atomic mass is 16.3. The quantitative estimate of drug-likeness (QED) is 0.740. The van der Waals surface area contributed by atoms with Gasteiger partial charge in [0, 0.05) is 24.5 Å². The molecule has 1 aromatic heterocycles. The number of benzene rings is 1. The van der Waals surface area contributed by atoms with E-state index in [9.17, 15) is 10.2 Å². The largest absolute Gasteiger partial charge is 0.396 e. The van der Waals surface area contributed by atoms with E-state index in [0.717, 1.165) is 5.56 Å². The minimum Gasteiger partial charge on any atom is -0.396 e. The number of hydrogen-bond donors (Lipinski definition) is 2. The molecule has 0 saturated carbocycles. The highest BCUT2D eigenvalue weighted by Crippen LogP contribution is 2.25. The van der Waals surface area contributed by atoms with Crippen LogP contribution in [0.25, 0.3) is 0 Å². The summed E-state index contributed by atoms with van der Waals surface area (Å²) >= 11 is 0. The monoisotopic (exact) mass is 285 g/mol. The van der Waals surface area contributed by atoms with E-state index in [1.807, 2.05) is 36.5 Å². The van der Waals surface area contributed by atoms with Crippen molar-refractivity contribution in [2.24, 2.45) is 5.41 Å². The molecule has 0 aliphatic carbocycles. The van der Waals surface area contributed by atoms with E-state index in [1.54, 1.807) is 4.68 Å². The lowest BCUT2D eigenvalue weighted by Gasteiger charge is -2.26. The molecule has 0 spiro atoms. The first kappa shape index (κ1) is 15.2. The Hall–Kier alpha value is -2.16. The van der Waals surface area contributed by atoms with Gasteiger partial charge >= 0.3 is 0 Å². The second-order valence-corrected chi connectivity index (χ2v) is 5.27. The van der Waals surface area contributed by atoms with Crippen molar-refractivity contribution in [3.05, 3.63) is 47.8 Å². The van der Waals surface area contributed by atoms with Crippen LogP contribution in [0.1, 0.15) is 17.7 Å². The van der Waals surface area contributed by atoms with Crippen LogP contribution in [0.4, 0.5) is 0 Å². The minimum absolute atomic E-state index is 0.181. The number of aliphatic hydroxyl groups is 2. The summed E-state index contributed by atoms with van der Waals surface area (Å²) in [6, 6.07) is 9.95. The Morgan fingerprint density at radius 2 is 1.90 bits per heavy atom. The lowest BCUT2D eigenvalue weighted by molar-refractivity contribution is 0.0580. The minimum atomic E-state index is -0.734. The SMILES string of the molecule is C#CCC(CO)(CO)Cc1cn(Cc2ccccc2)nn1. The van der Waals surface area contributed by atoms with E-state index >= 15 is 0 Å². The highest BCUT2D eigenvalue weighted by molar-refractivity contribution is 5.15. The van der Waals surface area contributed by atoms with Crippen molar-refractivity contribution in [3.63, 3.8) is 0 Å². The summed E-state index contributed by atoms with van der Waals surface area (Å²) in [5, 5.41) is 27.2. The number of rotatable bonds is 7. The van der Waals surface area contributed by atoms with Gasteiger partial charge in [-0.15, -0.1) is 17.4 Å². The molecule has 5 nitrogen and oxygen atoms in total. The van der Waals surface area contributed by atoms with Gasteiger partial charge in [-0.05, 0) is 5.56 Å². The van der Waals surface area contributed by atoms with Gasteiger partial charge in [0.1, 0.15) is 0 Å². The molecule has 2 aromatic rings. The van der Waals surface area contributed by atoms with Crippen LogP contribution in [0.5, 0.6) is 0 Å². The molecule has 2 rings (SSSR count). The summed E-state index contributed by atoms with van der Waals surface area (Å²) in [4.78, 5) is 0. The van der Waals surface area contributed by atoms with Crippen molar-refractivity contribution < 1.29 is 10.2 Å². The first-order valence-corrected chi connectivity index (χ1v) is 6.79. The van der Waals surface area contributed by atoms with E-state index in [4.69, 9.17) is 6.42 Å². The second-order valence-electron chi connectivity index (χ2n) is 5.27. The highest BCUT2D eigenvalue weighted by Gasteiger charge is 2.29. The molecule has 0 radical (unpaired) electrons. The van der Waals surface area contributed by atoms with Crippen LogP contribution in [-0.4, -0.2) is 38.4 Å². The molecule has 0 aliphatic heterocycles. The standard InChI is InChI=1S/C16H19N3O2/c1-2-8-16(12-20,13-21)9-15-11-19(18-17-15)10-14-6-4-3-5-7-14/h1,3-7,11,20-21H,8-10,12-13H2. The Morgan fingerprint density at radius 1 is 1.19 bits per heavy atom. The maximum Gasteiger partial charge on any atom is 0.0834 e. The van der Waals surface area contributed by atoms with Crippen molar-refractivity contribution in [3.8, 4) is 12.3 Å². The van der Waals surface area contributed by atoms with Crippen LogP contribution < -0.4 is 0 Å². The molecule has 21 heavy (non-hydrogen) atoms. The van der Waals surface area contributed by atoms with Gasteiger partial charge in [0.05, 0.1) is 25.5 Å². The summed E-state index contributed by atoms with van der Waals surface area (Å²) < 4.78 is 1.74. The van der Waals surface area contributed by atoms with Crippen LogP contribution in [0.2, 0.25) is 0 Å². The summed E-state index contributed by atoms with van der Waals surface area (Å²) in [6.07, 6.45) is 7.84. The molecular weight excluding hydrogens is 266 g/mol. The summed E-state index contributed by atoms with van der Waals surface area (Å²) in [7, 11) is 0. The molecule has 5 heteroatoms. The molecule has 110 valence electrons. The molecule has 0 unspecified atom stereocenters. The number of nitrogens with zero attached hydrogens (tertiary/aromatic N) is 3. The lowest BCUT2D eigenvalue weighted by Crippen LogP contribution is -2.32. The average molecular weight is 285 g/mol. The Kier molecular flexibility index (Phi) is 5.09. The first-order chi connectivity index (χ1) is 10.2. The van der Waals surface area contributed by atoms with E-state index in [1.165, 1.54) is 0 Å². The Morgan fingerprint density at radius 3 is 2.52 bits per heavy atom. The zero-order valence-electron chi connectivity index (χ0n) is 11.8. The fraction of sp³-hybridized carbons (Fsp3) is 0.375. The zero-order valence-corrected chi connectivity index (χ0v) is 11.8. The van der Waals surface area contributed by atoms with Crippen LogP contribution in [-0.2, 0) is 13.0 Å². The number of aliphatic hydroxyl groups excluding tert-OH is 2. The Labute approximate surface area is 124 Å². The van der Waals surface area contributed by atoms with Crippen molar-refractivity contribution in [2.45, 2.75) is 19.4 Å². The molecule has 0 atom stereocenters. The molecule has 0 bridgehead atoms. The molecule has 0 aliphatic rings. The maximum atomic E-state index is 9.50. The van der Waals surface area contributed by atoms with Crippen molar-refractivity contribution in [1.29, 1.82) is 0 Å². The lowest BCUT2D eigenvalue weighted by atomic mass is 9.82. The van der Waals surface area contributed by atoms with Crippen molar-refractivity contribution >= 4 is 0 Å². The van der Waals surface area contributed by atoms with Gasteiger partial charge in [0.2, 0.25) is 0 Å². The third-order valence-electron chi connectivity index (χ3n) is 3.48. The van der Waals surface area contributed by atoms with E-state index < -0.39 is 5.41 Å². The molecule has 1 heterocycles. The van der Waals surface area contributed by atoms with Crippen LogP contribution in [0, 0.1) is 17.8 Å². The molecule has 1 aromatic carbocycles. The zero-order chi connectivity index (χ0) is 15.1. The second kappa shape index (κ2) is 7.02. The molecule has 0 fully saturated rings. The van der Waals surface area contributed by atoms with Crippen LogP contribution in [0.15, 0.2) is 36.5 Å². The Balaban J connectivity index is 2.07. The van der Waals surface area contributed by atoms with Crippen LogP contribution in [0.3, 0.4) is 0 Å². The van der Waals surface area contributed by atoms with E-state index in [-0.39, 0.29) is 13.2 Å². The Bertz CT molecular complexity index is 597. The number of hydrogen-bond acceptors (Lipinski definition) is 4. The van der Waals surface area contributed by atoms with Crippen LogP contribution >= 0.6 is 0 Å². The molecule has 0 saturated heterocycles. The van der Waals surface area contributed by atoms with Gasteiger partial charge in [-0.2, -0.15) is 0 Å². The number of terminal acetylenes is 1. The fourth-order valence-electron chi connectivity index (χ4n) is 2.20.